The fourth-order valence-corrected chi connectivity index (χ4v) is 3.18. The second kappa shape index (κ2) is 7.34. The average molecular weight is 334 g/mol. The Balaban J connectivity index is 1.65. The van der Waals surface area contributed by atoms with E-state index in [4.69, 9.17) is 5.26 Å². The third-order valence-corrected chi connectivity index (χ3v) is 4.65. The number of benzene rings is 2. The first-order valence-electron chi connectivity index (χ1n) is 8.27. The average Bonchev–Trinajstić information content (AvgIpc) is 2.62. The highest BCUT2D eigenvalue weighted by atomic mass is 19.1. The van der Waals surface area contributed by atoms with Gasteiger partial charge in [-0.3, -0.25) is 4.90 Å². The van der Waals surface area contributed by atoms with Crippen LogP contribution >= 0.6 is 0 Å². The highest BCUT2D eigenvalue weighted by molar-refractivity contribution is 5.53. The Morgan fingerprint density at radius 1 is 0.960 bits per heavy atom. The van der Waals surface area contributed by atoms with Crippen LogP contribution in [0.2, 0.25) is 0 Å². The highest BCUT2D eigenvalue weighted by Crippen LogP contribution is 2.21. The Kier molecular flexibility index (Phi) is 4.97. The Morgan fingerprint density at radius 3 is 2.28 bits per heavy atom. The van der Waals surface area contributed by atoms with Gasteiger partial charge in [0, 0.05) is 38.4 Å². The van der Waals surface area contributed by atoms with Gasteiger partial charge in [0.25, 0.3) is 0 Å². The lowest BCUT2D eigenvalue weighted by atomic mass is 10.1. The molecule has 1 aliphatic heterocycles. The van der Waals surface area contributed by atoms with E-state index >= 15 is 0 Å². The second-order valence-corrected chi connectivity index (χ2v) is 6.29. The maximum absolute atomic E-state index is 13.5. The third-order valence-electron chi connectivity index (χ3n) is 4.65. The Labute approximate surface area is 147 Å². The molecule has 1 fully saturated rings. The van der Waals surface area contributed by atoms with Gasteiger partial charge in [0.05, 0.1) is 23.3 Å². The van der Waals surface area contributed by atoms with Crippen LogP contribution in [0.25, 0.3) is 0 Å². The summed E-state index contributed by atoms with van der Waals surface area (Å²) in [5.41, 5.74) is 4.09. The predicted molar refractivity (Wildman–Crippen MR) is 94.5 cm³/mol. The minimum absolute atomic E-state index is 0.305. The molecule has 25 heavy (non-hydrogen) atoms. The number of aryl methyl sites for hydroxylation is 1. The summed E-state index contributed by atoms with van der Waals surface area (Å²) in [6.07, 6.45) is 0. The van der Waals surface area contributed by atoms with Gasteiger partial charge >= 0.3 is 0 Å². The van der Waals surface area contributed by atoms with Gasteiger partial charge in [-0.05, 0) is 54.4 Å². The first-order valence-corrected chi connectivity index (χ1v) is 8.27. The highest BCUT2D eigenvalue weighted by Gasteiger charge is 2.19. The molecule has 2 aromatic carbocycles. The summed E-state index contributed by atoms with van der Waals surface area (Å²) in [4.78, 5) is 4.53. The molecule has 0 saturated carbocycles. The van der Waals surface area contributed by atoms with Gasteiger partial charge in [0.2, 0.25) is 0 Å². The smallest absolute Gasteiger partial charge is 0.123 e. The van der Waals surface area contributed by atoms with E-state index in [9.17, 15) is 9.65 Å². The monoisotopic (exact) mass is 334 g/mol. The van der Waals surface area contributed by atoms with Crippen molar-refractivity contribution in [3.8, 4) is 12.1 Å². The molecule has 2 aromatic rings. The molecule has 3 rings (SSSR count). The van der Waals surface area contributed by atoms with E-state index < -0.39 is 0 Å². The zero-order valence-electron chi connectivity index (χ0n) is 14.2. The zero-order chi connectivity index (χ0) is 17.8. The fraction of sp³-hybridized carbons (Fsp3) is 0.300. The molecule has 126 valence electrons. The number of nitrogens with zero attached hydrogens (tertiary/aromatic N) is 4. The van der Waals surface area contributed by atoms with E-state index in [1.54, 1.807) is 6.07 Å². The zero-order valence-corrected chi connectivity index (χ0v) is 14.2. The molecule has 4 nitrogen and oxygen atoms in total. The van der Waals surface area contributed by atoms with Crippen molar-refractivity contribution in [1.29, 1.82) is 10.5 Å². The summed E-state index contributed by atoms with van der Waals surface area (Å²) in [6, 6.07) is 14.5. The summed E-state index contributed by atoms with van der Waals surface area (Å²) in [7, 11) is 0. The van der Waals surface area contributed by atoms with Crippen molar-refractivity contribution < 1.29 is 4.39 Å². The van der Waals surface area contributed by atoms with Crippen LogP contribution < -0.4 is 4.90 Å². The standard InChI is InChI=1S/C20H19FN4/c1-15-10-20(5-3-16(15)12-22)25-8-6-24(7-9-25)14-18-11-19(21)4-2-17(18)13-23/h2-5,10-11H,6-9,14H2,1H3. The number of nitriles is 2. The molecule has 1 aliphatic rings. The van der Waals surface area contributed by atoms with Crippen molar-refractivity contribution in [2.75, 3.05) is 31.1 Å². The third kappa shape index (κ3) is 3.79. The van der Waals surface area contributed by atoms with Crippen LogP contribution in [-0.2, 0) is 6.54 Å². The first-order chi connectivity index (χ1) is 12.1. The van der Waals surface area contributed by atoms with Gasteiger partial charge in [-0.1, -0.05) is 0 Å². The van der Waals surface area contributed by atoms with E-state index in [0.717, 1.165) is 43.0 Å². The number of hydrogen-bond acceptors (Lipinski definition) is 4. The summed E-state index contributed by atoms with van der Waals surface area (Å²) >= 11 is 0. The largest absolute Gasteiger partial charge is 0.369 e. The molecule has 0 atom stereocenters. The minimum atomic E-state index is -0.305. The Hall–Kier alpha value is -2.89. The molecular weight excluding hydrogens is 315 g/mol. The topological polar surface area (TPSA) is 54.1 Å². The molecule has 0 aliphatic carbocycles. The number of piperazine rings is 1. The van der Waals surface area contributed by atoms with Crippen molar-refractivity contribution in [2.24, 2.45) is 0 Å². The molecule has 1 saturated heterocycles. The molecule has 0 unspecified atom stereocenters. The normalized spacial score (nSPS) is 14.8. The van der Waals surface area contributed by atoms with E-state index in [0.29, 0.717) is 17.7 Å². The lowest BCUT2D eigenvalue weighted by Crippen LogP contribution is -2.46. The molecule has 0 bridgehead atoms. The predicted octanol–water partition coefficient (Wildman–Crippen LogP) is 3.20. The van der Waals surface area contributed by atoms with Crippen molar-refractivity contribution in [1.82, 2.24) is 4.90 Å². The van der Waals surface area contributed by atoms with Crippen molar-refractivity contribution in [3.05, 3.63) is 64.5 Å². The van der Waals surface area contributed by atoms with Crippen LogP contribution in [-0.4, -0.2) is 31.1 Å². The van der Waals surface area contributed by atoms with Crippen molar-refractivity contribution in [3.63, 3.8) is 0 Å². The quantitative estimate of drug-likeness (QED) is 0.865. The Morgan fingerprint density at radius 2 is 1.64 bits per heavy atom. The van der Waals surface area contributed by atoms with Crippen molar-refractivity contribution >= 4 is 5.69 Å². The van der Waals surface area contributed by atoms with Gasteiger partial charge in [-0.25, -0.2) is 4.39 Å². The van der Waals surface area contributed by atoms with Gasteiger partial charge < -0.3 is 4.90 Å². The van der Waals surface area contributed by atoms with Gasteiger partial charge in [-0.2, -0.15) is 10.5 Å². The van der Waals surface area contributed by atoms with Crippen LogP contribution in [0, 0.1) is 35.4 Å². The van der Waals surface area contributed by atoms with Crippen molar-refractivity contribution in [2.45, 2.75) is 13.5 Å². The van der Waals surface area contributed by atoms with Gasteiger partial charge in [0.1, 0.15) is 5.82 Å². The SMILES string of the molecule is Cc1cc(N2CCN(Cc3cc(F)ccc3C#N)CC2)ccc1C#N. The fourth-order valence-electron chi connectivity index (χ4n) is 3.18. The number of anilines is 1. The lowest BCUT2D eigenvalue weighted by molar-refractivity contribution is 0.249. The van der Waals surface area contributed by atoms with Crippen LogP contribution in [0.3, 0.4) is 0 Å². The molecule has 0 amide bonds. The molecule has 0 N–H and O–H groups in total. The molecule has 1 heterocycles. The number of halogens is 1. The lowest BCUT2D eigenvalue weighted by Gasteiger charge is -2.36. The number of rotatable bonds is 3. The maximum atomic E-state index is 13.5. The van der Waals surface area contributed by atoms with Crippen LogP contribution in [0.1, 0.15) is 22.3 Å². The molecule has 0 spiro atoms. The summed E-state index contributed by atoms with van der Waals surface area (Å²) in [5, 5.41) is 18.2. The van der Waals surface area contributed by atoms with Crippen LogP contribution in [0.4, 0.5) is 10.1 Å². The Bertz CT molecular complexity index is 855. The molecular formula is C20H19FN4. The van der Waals surface area contributed by atoms with Crippen LogP contribution in [0.5, 0.6) is 0 Å². The summed E-state index contributed by atoms with van der Waals surface area (Å²) < 4.78 is 13.5. The van der Waals surface area contributed by atoms with E-state index in [1.165, 1.54) is 12.1 Å². The maximum Gasteiger partial charge on any atom is 0.123 e. The molecule has 0 aromatic heterocycles. The molecule has 0 radical (unpaired) electrons. The van der Waals surface area contributed by atoms with Gasteiger partial charge in [0.15, 0.2) is 0 Å². The summed E-state index contributed by atoms with van der Waals surface area (Å²) in [6.45, 7) is 5.96. The van der Waals surface area contributed by atoms with Gasteiger partial charge in [-0.15, -0.1) is 0 Å². The van der Waals surface area contributed by atoms with E-state index in [-0.39, 0.29) is 5.82 Å². The van der Waals surface area contributed by atoms with Crippen LogP contribution in [0.15, 0.2) is 36.4 Å². The minimum Gasteiger partial charge on any atom is -0.369 e. The summed E-state index contributed by atoms with van der Waals surface area (Å²) in [5.74, 6) is -0.305. The van der Waals surface area contributed by atoms with E-state index in [1.807, 2.05) is 19.1 Å². The molecule has 5 heteroatoms. The van der Waals surface area contributed by atoms with E-state index in [2.05, 4.69) is 28.0 Å². The second-order valence-electron chi connectivity index (χ2n) is 6.29. The first kappa shape index (κ1) is 17.0. The number of hydrogen-bond donors (Lipinski definition) is 0.